The molecule has 2 aliphatic heterocycles. The molecule has 0 bridgehead atoms. The van der Waals surface area contributed by atoms with E-state index in [1.807, 2.05) is 0 Å². The lowest BCUT2D eigenvalue weighted by molar-refractivity contribution is -0.138. The van der Waals surface area contributed by atoms with Gasteiger partial charge in [-0.1, -0.05) is 17.3 Å². The predicted molar refractivity (Wildman–Crippen MR) is 91.1 cm³/mol. The van der Waals surface area contributed by atoms with E-state index in [0.717, 1.165) is 12.5 Å². The maximum Gasteiger partial charge on any atom is 0.417 e. The molecule has 2 aromatic rings. The summed E-state index contributed by atoms with van der Waals surface area (Å²) in [6.07, 6.45) is -1.47. The van der Waals surface area contributed by atoms with Gasteiger partial charge >= 0.3 is 6.18 Å². The Balaban J connectivity index is 1.39. The van der Waals surface area contributed by atoms with Crippen molar-refractivity contribution in [3.8, 4) is 0 Å². The van der Waals surface area contributed by atoms with Crippen molar-refractivity contribution in [2.75, 3.05) is 19.6 Å². The molecule has 0 unspecified atom stereocenters. The third-order valence-electron chi connectivity index (χ3n) is 5.07. The van der Waals surface area contributed by atoms with Gasteiger partial charge in [0.05, 0.1) is 29.9 Å². The van der Waals surface area contributed by atoms with E-state index in [1.54, 1.807) is 15.8 Å². The van der Waals surface area contributed by atoms with Crippen LogP contribution in [0, 0.1) is 0 Å². The molecule has 2 aliphatic rings. The Labute approximate surface area is 158 Å². The van der Waals surface area contributed by atoms with Crippen LogP contribution in [0.3, 0.4) is 0 Å². The van der Waals surface area contributed by atoms with Crippen LogP contribution in [-0.2, 0) is 17.5 Å². The number of carbonyl (C=O) groups excluding carboxylic acids is 2. The first kappa shape index (κ1) is 18.5. The van der Waals surface area contributed by atoms with E-state index in [1.165, 1.54) is 23.1 Å². The molecule has 148 valence electrons. The number of halogens is 3. The first-order chi connectivity index (χ1) is 13.3. The highest BCUT2D eigenvalue weighted by molar-refractivity contribution is 5.96. The minimum atomic E-state index is -4.58. The highest BCUT2D eigenvalue weighted by Gasteiger charge is 2.39. The van der Waals surface area contributed by atoms with Crippen molar-refractivity contribution in [3.05, 3.63) is 47.3 Å². The van der Waals surface area contributed by atoms with Crippen LogP contribution in [0.4, 0.5) is 13.2 Å². The van der Waals surface area contributed by atoms with Crippen LogP contribution in [0.15, 0.2) is 30.5 Å². The maximum atomic E-state index is 13.1. The topological polar surface area (TPSA) is 71.3 Å². The van der Waals surface area contributed by atoms with Crippen molar-refractivity contribution >= 4 is 11.8 Å². The van der Waals surface area contributed by atoms with E-state index in [-0.39, 0.29) is 30.6 Å². The van der Waals surface area contributed by atoms with Gasteiger partial charge in [-0.3, -0.25) is 9.59 Å². The monoisotopic (exact) mass is 393 g/mol. The SMILES string of the molecule is O=C1CCCN1Cc1cn(C2CN(C(=O)c3ccccc3C(F)(F)F)C2)nn1. The molecule has 1 aromatic heterocycles. The van der Waals surface area contributed by atoms with Crippen molar-refractivity contribution in [2.45, 2.75) is 31.6 Å². The molecule has 4 rings (SSSR count). The first-order valence-electron chi connectivity index (χ1n) is 8.97. The summed E-state index contributed by atoms with van der Waals surface area (Å²) in [5, 5.41) is 8.10. The molecular formula is C18H18F3N5O2. The average Bonchev–Trinajstić information content (AvgIpc) is 3.23. The number of hydrogen-bond acceptors (Lipinski definition) is 4. The van der Waals surface area contributed by atoms with Crippen LogP contribution in [0.2, 0.25) is 0 Å². The summed E-state index contributed by atoms with van der Waals surface area (Å²) in [6, 6.07) is 4.65. The first-order valence-corrected chi connectivity index (χ1v) is 8.97. The van der Waals surface area contributed by atoms with Gasteiger partial charge in [0.25, 0.3) is 5.91 Å². The molecule has 2 amide bonds. The van der Waals surface area contributed by atoms with Crippen molar-refractivity contribution in [3.63, 3.8) is 0 Å². The quantitative estimate of drug-likeness (QED) is 0.798. The van der Waals surface area contributed by atoms with Crippen molar-refractivity contribution in [1.29, 1.82) is 0 Å². The normalized spacial score (nSPS) is 17.9. The zero-order valence-electron chi connectivity index (χ0n) is 14.9. The maximum absolute atomic E-state index is 13.1. The molecule has 28 heavy (non-hydrogen) atoms. The van der Waals surface area contributed by atoms with Gasteiger partial charge in [-0.25, -0.2) is 4.68 Å². The van der Waals surface area contributed by atoms with Crippen LogP contribution in [0.5, 0.6) is 0 Å². The number of rotatable bonds is 4. The van der Waals surface area contributed by atoms with Crippen LogP contribution in [-0.4, -0.2) is 56.2 Å². The van der Waals surface area contributed by atoms with Crippen LogP contribution >= 0.6 is 0 Å². The van der Waals surface area contributed by atoms with Crippen molar-refractivity contribution in [2.24, 2.45) is 0 Å². The van der Waals surface area contributed by atoms with Crippen LogP contribution in [0.25, 0.3) is 0 Å². The number of carbonyl (C=O) groups is 2. The van der Waals surface area contributed by atoms with Gasteiger partial charge in [0.2, 0.25) is 5.91 Å². The van der Waals surface area contributed by atoms with Gasteiger partial charge in [-0.05, 0) is 18.6 Å². The summed E-state index contributed by atoms with van der Waals surface area (Å²) in [7, 11) is 0. The Bertz CT molecular complexity index is 905. The summed E-state index contributed by atoms with van der Waals surface area (Å²) in [5.74, 6) is -0.550. The largest absolute Gasteiger partial charge is 0.417 e. The average molecular weight is 393 g/mol. The Kier molecular flexibility index (Phi) is 4.56. The van der Waals surface area contributed by atoms with Crippen molar-refractivity contribution < 1.29 is 22.8 Å². The molecule has 2 saturated heterocycles. The minimum Gasteiger partial charge on any atom is -0.337 e. The van der Waals surface area contributed by atoms with Gasteiger partial charge in [-0.2, -0.15) is 13.2 Å². The van der Waals surface area contributed by atoms with E-state index in [4.69, 9.17) is 0 Å². The Hall–Kier alpha value is -2.91. The van der Waals surface area contributed by atoms with Crippen LogP contribution < -0.4 is 0 Å². The molecule has 0 radical (unpaired) electrons. The van der Waals surface area contributed by atoms with Gasteiger partial charge < -0.3 is 9.80 Å². The summed E-state index contributed by atoms with van der Waals surface area (Å²) in [4.78, 5) is 27.2. The zero-order chi connectivity index (χ0) is 19.9. The number of aromatic nitrogens is 3. The van der Waals surface area contributed by atoms with Gasteiger partial charge in [0.15, 0.2) is 0 Å². The molecule has 0 saturated carbocycles. The number of hydrogen-bond donors (Lipinski definition) is 0. The number of likely N-dealkylation sites (tertiary alicyclic amines) is 2. The number of nitrogens with zero attached hydrogens (tertiary/aromatic N) is 5. The molecular weight excluding hydrogens is 375 g/mol. The lowest BCUT2D eigenvalue weighted by Gasteiger charge is -2.39. The fraction of sp³-hybridized carbons (Fsp3) is 0.444. The summed E-state index contributed by atoms with van der Waals surface area (Å²) >= 11 is 0. The zero-order valence-corrected chi connectivity index (χ0v) is 14.9. The fourth-order valence-electron chi connectivity index (χ4n) is 3.51. The number of amides is 2. The van der Waals surface area contributed by atoms with E-state index >= 15 is 0 Å². The number of alkyl halides is 3. The Morgan fingerprint density at radius 3 is 2.64 bits per heavy atom. The third-order valence-corrected chi connectivity index (χ3v) is 5.07. The molecule has 3 heterocycles. The molecule has 7 nitrogen and oxygen atoms in total. The summed E-state index contributed by atoms with van der Waals surface area (Å²) in [5.41, 5.74) is -0.621. The second-order valence-electron chi connectivity index (χ2n) is 7.02. The van der Waals surface area contributed by atoms with Crippen LogP contribution in [0.1, 0.15) is 40.5 Å². The lowest BCUT2D eigenvalue weighted by atomic mass is 10.0. The fourth-order valence-corrected chi connectivity index (χ4v) is 3.51. The van der Waals surface area contributed by atoms with Gasteiger partial charge in [0.1, 0.15) is 5.69 Å². The van der Waals surface area contributed by atoms with E-state index < -0.39 is 17.6 Å². The smallest absolute Gasteiger partial charge is 0.337 e. The Morgan fingerprint density at radius 2 is 1.96 bits per heavy atom. The summed E-state index contributed by atoms with van der Waals surface area (Å²) < 4.78 is 40.9. The molecule has 0 spiro atoms. The predicted octanol–water partition coefficient (Wildman–Crippen LogP) is 2.12. The Morgan fingerprint density at radius 1 is 1.21 bits per heavy atom. The van der Waals surface area contributed by atoms with Gasteiger partial charge in [0, 0.05) is 26.1 Å². The van der Waals surface area contributed by atoms with E-state index in [2.05, 4.69) is 10.3 Å². The molecule has 0 N–H and O–H groups in total. The van der Waals surface area contributed by atoms with E-state index in [0.29, 0.717) is 25.2 Å². The highest BCUT2D eigenvalue weighted by Crippen LogP contribution is 2.33. The standard InChI is InChI=1S/C18H18F3N5O2/c19-18(20,21)15-5-2-1-4-14(15)17(28)25-10-13(11-25)26-9-12(22-23-26)8-24-7-3-6-16(24)27/h1-2,4-5,9,13H,3,6-8,10-11H2. The minimum absolute atomic E-state index is 0.0956. The molecule has 2 fully saturated rings. The molecule has 0 atom stereocenters. The van der Waals surface area contributed by atoms with E-state index in [9.17, 15) is 22.8 Å². The molecule has 0 aliphatic carbocycles. The third kappa shape index (κ3) is 3.46. The second kappa shape index (κ2) is 6.92. The summed E-state index contributed by atoms with van der Waals surface area (Å²) in [6.45, 7) is 1.62. The highest BCUT2D eigenvalue weighted by atomic mass is 19.4. The lowest BCUT2D eigenvalue weighted by Crippen LogP contribution is -2.51. The molecule has 10 heteroatoms. The number of benzene rings is 1. The van der Waals surface area contributed by atoms with Gasteiger partial charge in [-0.15, -0.1) is 5.10 Å². The molecule has 1 aromatic carbocycles. The second-order valence-corrected chi connectivity index (χ2v) is 7.02. The van der Waals surface area contributed by atoms with Crippen molar-refractivity contribution in [1.82, 2.24) is 24.8 Å².